The van der Waals surface area contributed by atoms with Crippen molar-refractivity contribution in [2.24, 2.45) is 0 Å². The summed E-state index contributed by atoms with van der Waals surface area (Å²) < 4.78 is 0. The molecule has 0 aromatic heterocycles. The number of hydrogen-bond donors (Lipinski definition) is 5. The topological polar surface area (TPSA) is 150 Å². The van der Waals surface area contributed by atoms with Gasteiger partial charge in [0.2, 0.25) is 5.91 Å². The van der Waals surface area contributed by atoms with Crippen molar-refractivity contribution in [3.63, 3.8) is 0 Å². The van der Waals surface area contributed by atoms with E-state index in [2.05, 4.69) is 5.32 Å². The lowest BCUT2D eigenvalue weighted by Gasteiger charge is -2.02. The van der Waals surface area contributed by atoms with Gasteiger partial charge in [-0.2, -0.15) is 0 Å². The number of unbranched alkanes of at least 4 members (excludes halogenated alkanes) is 2. The molecule has 1 aromatic carbocycles. The number of carbonyl (C=O) groups excluding carboxylic acids is 2. The monoisotopic (exact) mass is 352 g/mol. The molecule has 1 rings (SSSR count). The van der Waals surface area contributed by atoms with Crippen LogP contribution in [0, 0.1) is 0 Å². The highest BCUT2D eigenvalue weighted by Gasteiger charge is 2.09. The Morgan fingerprint density at radius 3 is 2.40 bits per heavy atom. The molecule has 0 saturated heterocycles. The lowest BCUT2D eigenvalue weighted by Crippen LogP contribution is -2.29. The fourth-order valence-corrected chi connectivity index (χ4v) is 1.80. The molecule has 0 bridgehead atoms. The molecule has 0 unspecified atom stereocenters. The zero-order valence-electron chi connectivity index (χ0n) is 14.1. The van der Waals surface area contributed by atoms with Crippen molar-refractivity contribution >= 4 is 36.4 Å². The second kappa shape index (κ2) is 14.0. The predicted octanol–water partition coefficient (Wildman–Crippen LogP) is -0.325. The lowest BCUT2D eigenvalue weighted by molar-refractivity contribution is -0.137. The highest BCUT2D eigenvalue weighted by Crippen LogP contribution is 1.98. The molecule has 0 spiro atoms. The molecule has 0 aliphatic heterocycles. The minimum absolute atomic E-state index is 0.125. The van der Waals surface area contributed by atoms with Crippen molar-refractivity contribution in [2.75, 3.05) is 12.3 Å². The highest BCUT2D eigenvalue weighted by atomic mass is 16.4. The number of rotatable bonds is 10. The van der Waals surface area contributed by atoms with Crippen LogP contribution < -0.4 is 16.5 Å². The average molecular weight is 352 g/mol. The summed E-state index contributed by atoms with van der Waals surface area (Å²) in [6.07, 6.45) is 3.59. The number of carboxylic acids is 1. The Balaban J connectivity index is 0.000000496. The molecular formula is C16H25BN2O6. The second-order valence-corrected chi connectivity index (χ2v) is 5.30. The molecule has 25 heavy (non-hydrogen) atoms. The zero-order valence-corrected chi connectivity index (χ0v) is 14.1. The molecule has 0 fully saturated rings. The van der Waals surface area contributed by atoms with Crippen LogP contribution in [0.3, 0.4) is 0 Å². The van der Waals surface area contributed by atoms with Crippen molar-refractivity contribution in [3.05, 3.63) is 24.3 Å². The first kappa shape index (κ1) is 22.6. The third-order valence-corrected chi connectivity index (χ3v) is 3.09. The van der Waals surface area contributed by atoms with Crippen molar-refractivity contribution in [3.8, 4) is 0 Å². The molecule has 6 N–H and O–H groups in total. The number of nitrogen functional groups attached to an aromatic ring is 1. The van der Waals surface area contributed by atoms with Crippen molar-refractivity contribution < 1.29 is 29.5 Å². The first-order chi connectivity index (χ1) is 11.9. The molecule has 0 radical (unpaired) electrons. The fraction of sp³-hybridized carbons (Fsp3) is 0.438. The number of aldehydes is 1. The Kier molecular flexibility index (Phi) is 12.7. The summed E-state index contributed by atoms with van der Waals surface area (Å²) in [7, 11) is -1.43. The molecular weight excluding hydrogens is 327 g/mol. The summed E-state index contributed by atoms with van der Waals surface area (Å²) in [4.78, 5) is 31.1. The van der Waals surface area contributed by atoms with Gasteiger partial charge in [0.05, 0.1) is 0 Å². The molecule has 138 valence electrons. The van der Waals surface area contributed by atoms with Gasteiger partial charge in [0, 0.05) is 31.5 Å². The number of carbonyl (C=O) groups is 3. The lowest BCUT2D eigenvalue weighted by atomic mass is 9.80. The largest absolute Gasteiger partial charge is 0.488 e. The number of aliphatic carboxylic acids is 1. The Labute approximate surface area is 147 Å². The summed E-state index contributed by atoms with van der Waals surface area (Å²) >= 11 is 0. The third kappa shape index (κ3) is 13.7. The van der Waals surface area contributed by atoms with E-state index in [1.807, 2.05) is 0 Å². The van der Waals surface area contributed by atoms with Crippen molar-refractivity contribution in [1.82, 2.24) is 5.32 Å². The van der Waals surface area contributed by atoms with Crippen LogP contribution in [0.4, 0.5) is 5.69 Å². The van der Waals surface area contributed by atoms with Crippen LogP contribution in [0.1, 0.15) is 38.5 Å². The molecule has 1 aromatic rings. The maximum absolute atomic E-state index is 11.0. The SMILES string of the molecule is Nc1cccc(B(O)O)c1.O=CCCC(=O)NCCCCCC(=O)O. The maximum atomic E-state index is 11.0. The number of nitrogens with one attached hydrogen (secondary N) is 1. The van der Waals surface area contributed by atoms with Gasteiger partial charge in [-0.3, -0.25) is 9.59 Å². The Hall–Kier alpha value is -2.39. The summed E-state index contributed by atoms with van der Waals surface area (Å²) in [6, 6.07) is 6.47. The molecule has 0 saturated carbocycles. The van der Waals surface area contributed by atoms with Crippen molar-refractivity contribution in [2.45, 2.75) is 38.5 Å². The molecule has 8 nitrogen and oxygen atoms in total. The van der Waals surface area contributed by atoms with Crippen LogP contribution in [-0.2, 0) is 14.4 Å². The average Bonchev–Trinajstić information content (AvgIpc) is 2.56. The maximum Gasteiger partial charge on any atom is 0.488 e. The van der Waals surface area contributed by atoms with E-state index in [-0.39, 0.29) is 25.2 Å². The molecule has 0 heterocycles. The number of amides is 1. The molecule has 0 aliphatic carbocycles. The van der Waals surface area contributed by atoms with Crippen LogP contribution in [0.15, 0.2) is 24.3 Å². The van der Waals surface area contributed by atoms with Gasteiger partial charge in [0.1, 0.15) is 6.29 Å². The molecule has 1 amide bonds. The van der Waals surface area contributed by atoms with Crippen LogP contribution in [0.2, 0.25) is 0 Å². The molecule has 0 aliphatic rings. The van der Waals surface area contributed by atoms with E-state index in [4.69, 9.17) is 20.9 Å². The van der Waals surface area contributed by atoms with E-state index >= 15 is 0 Å². The van der Waals surface area contributed by atoms with Gasteiger partial charge in [-0.1, -0.05) is 18.6 Å². The Bertz CT molecular complexity index is 539. The summed E-state index contributed by atoms with van der Waals surface area (Å²) in [5, 5.41) is 28.3. The zero-order chi connectivity index (χ0) is 19.1. The van der Waals surface area contributed by atoms with E-state index in [0.29, 0.717) is 30.4 Å². The van der Waals surface area contributed by atoms with Crippen LogP contribution in [0.5, 0.6) is 0 Å². The number of anilines is 1. The van der Waals surface area contributed by atoms with Gasteiger partial charge in [0.15, 0.2) is 0 Å². The quantitative estimate of drug-likeness (QED) is 0.167. The molecule has 9 heteroatoms. The van der Waals surface area contributed by atoms with Gasteiger partial charge in [-0.15, -0.1) is 0 Å². The van der Waals surface area contributed by atoms with Crippen molar-refractivity contribution in [1.29, 1.82) is 0 Å². The van der Waals surface area contributed by atoms with Gasteiger partial charge >= 0.3 is 13.1 Å². The van der Waals surface area contributed by atoms with Gasteiger partial charge < -0.3 is 31.0 Å². The number of nitrogens with two attached hydrogens (primary N) is 1. The van der Waals surface area contributed by atoms with Crippen LogP contribution in [0.25, 0.3) is 0 Å². The Morgan fingerprint density at radius 1 is 1.16 bits per heavy atom. The Morgan fingerprint density at radius 2 is 1.88 bits per heavy atom. The van der Waals surface area contributed by atoms with E-state index in [1.54, 1.807) is 18.2 Å². The number of carboxylic acid groups (broad SMARTS) is 1. The van der Waals surface area contributed by atoms with E-state index in [9.17, 15) is 14.4 Å². The highest BCUT2D eigenvalue weighted by molar-refractivity contribution is 6.58. The summed E-state index contributed by atoms with van der Waals surface area (Å²) in [5.41, 5.74) is 6.32. The summed E-state index contributed by atoms with van der Waals surface area (Å²) in [6.45, 7) is 0.553. The summed E-state index contributed by atoms with van der Waals surface area (Å²) in [5.74, 6) is -0.912. The number of benzene rings is 1. The predicted molar refractivity (Wildman–Crippen MR) is 95.1 cm³/mol. The van der Waals surface area contributed by atoms with Gasteiger partial charge in [-0.05, 0) is 30.4 Å². The minimum atomic E-state index is -1.43. The molecule has 0 atom stereocenters. The van der Waals surface area contributed by atoms with Crippen LogP contribution in [-0.4, -0.2) is 47.0 Å². The normalized spacial score (nSPS) is 9.52. The van der Waals surface area contributed by atoms with Gasteiger partial charge in [-0.25, -0.2) is 0 Å². The fourth-order valence-electron chi connectivity index (χ4n) is 1.80. The van der Waals surface area contributed by atoms with E-state index in [1.165, 1.54) is 6.07 Å². The smallest absolute Gasteiger partial charge is 0.481 e. The van der Waals surface area contributed by atoms with E-state index < -0.39 is 13.1 Å². The van der Waals surface area contributed by atoms with Crippen LogP contribution >= 0.6 is 0 Å². The third-order valence-electron chi connectivity index (χ3n) is 3.09. The standard InChI is InChI=1S/C10H17NO4.C6H8BNO2/c12-8-4-5-9(13)11-7-3-1-2-6-10(14)15;8-6-3-1-2-5(4-6)7(9)10/h8H,1-7H2,(H,11,13)(H,14,15);1-4,9-10H,8H2. The van der Waals surface area contributed by atoms with E-state index in [0.717, 1.165) is 12.8 Å². The second-order valence-electron chi connectivity index (χ2n) is 5.30. The van der Waals surface area contributed by atoms with Gasteiger partial charge in [0.25, 0.3) is 0 Å². The first-order valence-corrected chi connectivity index (χ1v) is 8.00. The minimum Gasteiger partial charge on any atom is -0.481 e. The number of hydrogen-bond acceptors (Lipinski definition) is 6. The first-order valence-electron chi connectivity index (χ1n) is 8.00.